The first-order chi connectivity index (χ1) is 9.79. The number of carbonyl (C=O) groups is 1. The maximum atomic E-state index is 12.4. The molecule has 1 saturated heterocycles. The molecule has 0 saturated carbocycles. The van der Waals surface area contributed by atoms with Crippen molar-refractivity contribution >= 4 is 31.9 Å². The summed E-state index contributed by atoms with van der Waals surface area (Å²) >= 11 is 3.14. The summed E-state index contributed by atoms with van der Waals surface area (Å²) in [6, 6.07) is 3.76. The SMILES string of the molecule is CN1CCCC(NS(=O)(=O)c2ccc(C(=O)O)cc2Br)C1. The van der Waals surface area contributed by atoms with Crippen LogP contribution in [0, 0.1) is 0 Å². The van der Waals surface area contributed by atoms with Gasteiger partial charge in [-0.2, -0.15) is 0 Å². The average molecular weight is 377 g/mol. The maximum absolute atomic E-state index is 12.4. The van der Waals surface area contributed by atoms with Crippen LogP contribution in [0.25, 0.3) is 0 Å². The third kappa shape index (κ3) is 4.03. The third-order valence-corrected chi connectivity index (χ3v) is 5.91. The molecule has 21 heavy (non-hydrogen) atoms. The average Bonchev–Trinajstić information content (AvgIpc) is 2.37. The predicted molar refractivity (Wildman–Crippen MR) is 81.9 cm³/mol. The van der Waals surface area contributed by atoms with E-state index in [1.54, 1.807) is 0 Å². The Labute approximate surface area is 132 Å². The predicted octanol–water partition coefficient (Wildman–Crippen LogP) is 1.52. The number of halogens is 1. The normalized spacial score (nSPS) is 20.4. The largest absolute Gasteiger partial charge is 0.478 e. The van der Waals surface area contributed by atoms with E-state index in [9.17, 15) is 13.2 Å². The van der Waals surface area contributed by atoms with Crippen molar-refractivity contribution in [1.82, 2.24) is 9.62 Å². The van der Waals surface area contributed by atoms with E-state index in [4.69, 9.17) is 5.11 Å². The number of nitrogens with zero attached hydrogens (tertiary/aromatic N) is 1. The highest BCUT2D eigenvalue weighted by Gasteiger charge is 2.25. The summed E-state index contributed by atoms with van der Waals surface area (Å²) in [4.78, 5) is 13.0. The summed E-state index contributed by atoms with van der Waals surface area (Å²) in [5, 5.41) is 8.90. The lowest BCUT2D eigenvalue weighted by Crippen LogP contribution is -2.46. The molecule has 0 amide bonds. The molecule has 1 aliphatic rings. The van der Waals surface area contributed by atoms with E-state index in [0.717, 1.165) is 19.4 Å². The molecule has 0 spiro atoms. The molecule has 0 radical (unpaired) electrons. The first kappa shape index (κ1) is 16.4. The van der Waals surface area contributed by atoms with E-state index in [-0.39, 0.29) is 21.0 Å². The lowest BCUT2D eigenvalue weighted by molar-refractivity contribution is 0.0696. The molecule has 8 heteroatoms. The number of carboxylic acid groups (broad SMARTS) is 1. The van der Waals surface area contributed by atoms with Gasteiger partial charge in [0.15, 0.2) is 0 Å². The van der Waals surface area contributed by atoms with E-state index in [1.807, 2.05) is 7.05 Å². The minimum absolute atomic E-state index is 0.0400. The Morgan fingerprint density at radius 3 is 2.76 bits per heavy atom. The van der Waals surface area contributed by atoms with Gasteiger partial charge in [-0.3, -0.25) is 0 Å². The number of likely N-dealkylation sites (tertiary alicyclic amines) is 1. The molecule has 6 nitrogen and oxygen atoms in total. The fourth-order valence-corrected chi connectivity index (χ4v) is 4.74. The molecule has 0 aliphatic carbocycles. The fourth-order valence-electron chi connectivity index (χ4n) is 2.40. The van der Waals surface area contributed by atoms with Crippen molar-refractivity contribution in [3.63, 3.8) is 0 Å². The molecule has 1 aliphatic heterocycles. The summed E-state index contributed by atoms with van der Waals surface area (Å²) in [5.74, 6) is -1.10. The van der Waals surface area contributed by atoms with Gasteiger partial charge >= 0.3 is 5.97 Å². The molecule has 2 N–H and O–H groups in total. The quantitative estimate of drug-likeness (QED) is 0.831. The van der Waals surface area contributed by atoms with Crippen molar-refractivity contribution in [2.75, 3.05) is 20.1 Å². The number of sulfonamides is 1. The molecular formula is C13H17BrN2O4S. The van der Waals surface area contributed by atoms with Gasteiger partial charge in [-0.1, -0.05) is 0 Å². The Kier molecular flexibility index (Phi) is 5.03. The molecule has 1 heterocycles. The van der Waals surface area contributed by atoms with Crippen LogP contribution in [0.4, 0.5) is 0 Å². The summed E-state index contributed by atoms with van der Waals surface area (Å²) < 4.78 is 27.7. The zero-order chi connectivity index (χ0) is 15.6. The summed E-state index contributed by atoms with van der Waals surface area (Å²) in [5.41, 5.74) is 0.0400. The minimum Gasteiger partial charge on any atom is -0.478 e. The van der Waals surface area contributed by atoms with Crippen molar-refractivity contribution in [3.8, 4) is 0 Å². The fraction of sp³-hybridized carbons (Fsp3) is 0.462. The van der Waals surface area contributed by atoms with E-state index in [2.05, 4.69) is 25.6 Å². The topological polar surface area (TPSA) is 86.7 Å². The number of piperidine rings is 1. The van der Waals surface area contributed by atoms with Crippen LogP contribution in [0.2, 0.25) is 0 Å². The Morgan fingerprint density at radius 1 is 1.48 bits per heavy atom. The second kappa shape index (κ2) is 6.43. The van der Waals surface area contributed by atoms with Crippen LogP contribution in [-0.2, 0) is 10.0 Å². The lowest BCUT2D eigenvalue weighted by atomic mass is 10.1. The van der Waals surface area contributed by atoms with Crippen LogP contribution in [0.5, 0.6) is 0 Å². The van der Waals surface area contributed by atoms with Crippen molar-refractivity contribution in [3.05, 3.63) is 28.2 Å². The number of rotatable bonds is 4. The van der Waals surface area contributed by atoms with Crippen LogP contribution < -0.4 is 4.72 Å². The summed E-state index contributed by atoms with van der Waals surface area (Å²) in [6.45, 7) is 1.64. The van der Waals surface area contributed by atoms with Gasteiger partial charge in [0.25, 0.3) is 0 Å². The molecule has 0 bridgehead atoms. The van der Waals surface area contributed by atoms with Gasteiger partial charge < -0.3 is 10.0 Å². The van der Waals surface area contributed by atoms with Gasteiger partial charge in [0.1, 0.15) is 0 Å². The molecule has 1 atom stereocenters. The monoisotopic (exact) mass is 376 g/mol. The Morgan fingerprint density at radius 2 is 2.19 bits per heavy atom. The molecule has 1 aromatic carbocycles. The molecule has 1 unspecified atom stereocenters. The minimum atomic E-state index is -3.67. The summed E-state index contributed by atoms with van der Waals surface area (Å²) in [6.07, 6.45) is 1.75. The number of nitrogens with one attached hydrogen (secondary N) is 1. The van der Waals surface area contributed by atoms with Gasteiger partial charge in [-0.15, -0.1) is 0 Å². The Bertz CT molecular complexity index is 648. The van der Waals surface area contributed by atoms with Crippen LogP contribution in [-0.4, -0.2) is 50.6 Å². The Hall–Kier alpha value is -0.960. The number of hydrogen-bond donors (Lipinski definition) is 2. The smallest absolute Gasteiger partial charge is 0.335 e. The van der Waals surface area contributed by atoms with Crippen molar-refractivity contribution in [2.45, 2.75) is 23.8 Å². The highest BCUT2D eigenvalue weighted by molar-refractivity contribution is 9.10. The van der Waals surface area contributed by atoms with Crippen molar-refractivity contribution < 1.29 is 18.3 Å². The molecule has 116 valence electrons. The van der Waals surface area contributed by atoms with Crippen LogP contribution in [0.1, 0.15) is 23.2 Å². The van der Waals surface area contributed by atoms with E-state index < -0.39 is 16.0 Å². The van der Waals surface area contributed by atoms with Gasteiger partial charge in [0.2, 0.25) is 10.0 Å². The first-order valence-electron chi connectivity index (χ1n) is 6.53. The Balaban J connectivity index is 2.21. The zero-order valence-corrected chi connectivity index (χ0v) is 13.9. The van der Waals surface area contributed by atoms with E-state index in [0.29, 0.717) is 6.54 Å². The molecular weight excluding hydrogens is 360 g/mol. The number of likely N-dealkylation sites (N-methyl/N-ethyl adjacent to an activating group) is 1. The van der Waals surface area contributed by atoms with Crippen molar-refractivity contribution in [2.24, 2.45) is 0 Å². The lowest BCUT2D eigenvalue weighted by Gasteiger charge is -2.30. The molecule has 1 aromatic rings. The van der Waals surface area contributed by atoms with Crippen LogP contribution in [0.3, 0.4) is 0 Å². The van der Waals surface area contributed by atoms with Gasteiger partial charge in [-0.05, 0) is 60.6 Å². The highest BCUT2D eigenvalue weighted by atomic mass is 79.9. The van der Waals surface area contributed by atoms with Gasteiger partial charge in [-0.25, -0.2) is 17.9 Å². The van der Waals surface area contributed by atoms with E-state index in [1.165, 1.54) is 18.2 Å². The maximum Gasteiger partial charge on any atom is 0.335 e. The number of hydrogen-bond acceptors (Lipinski definition) is 4. The third-order valence-electron chi connectivity index (χ3n) is 3.41. The molecule has 2 rings (SSSR count). The van der Waals surface area contributed by atoms with Crippen LogP contribution >= 0.6 is 15.9 Å². The second-order valence-electron chi connectivity index (χ2n) is 5.17. The second-order valence-corrected chi connectivity index (χ2v) is 7.71. The highest BCUT2D eigenvalue weighted by Crippen LogP contribution is 2.24. The zero-order valence-electron chi connectivity index (χ0n) is 11.5. The molecule has 1 fully saturated rings. The van der Waals surface area contributed by atoms with Gasteiger partial charge in [0.05, 0.1) is 10.5 Å². The number of benzene rings is 1. The van der Waals surface area contributed by atoms with Crippen LogP contribution in [0.15, 0.2) is 27.6 Å². The molecule has 0 aromatic heterocycles. The van der Waals surface area contributed by atoms with Gasteiger partial charge in [0, 0.05) is 17.1 Å². The first-order valence-corrected chi connectivity index (χ1v) is 8.81. The number of carboxylic acids is 1. The van der Waals surface area contributed by atoms with E-state index >= 15 is 0 Å². The van der Waals surface area contributed by atoms with Crippen molar-refractivity contribution in [1.29, 1.82) is 0 Å². The summed E-state index contributed by atoms with van der Waals surface area (Å²) in [7, 11) is -1.72. The standard InChI is InChI=1S/C13H17BrN2O4S/c1-16-6-2-3-10(8-16)15-21(19,20)12-5-4-9(13(17)18)7-11(12)14/h4-5,7,10,15H,2-3,6,8H2,1H3,(H,17,18). The number of aromatic carboxylic acids is 1.